The highest BCUT2D eigenvalue weighted by Gasteiger charge is 2.18. The number of nitrogens with zero attached hydrogens (tertiary/aromatic N) is 3. The van der Waals surface area contributed by atoms with Crippen LogP contribution in [-0.4, -0.2) is 39.1 Å². The number of aryl methyl sites for hydroxylation is 2. The van der Waals surface area contributed by atoms with Crippen molar-refractivity contribution in [1.82, 2.24) is 20.1 Å². The molecular weight excluding hydrogens is 306 g/mol. The van der Waals surface area contributed by atoms with Crippen LogP contribution in [0.15, 0.2) is 36.8 Å². The summed E-state index contributed by atoms with van der Waals surface area (Å²) in [6.07, 6.45) is 6.87. The number of aliphatic hydroxyl groups is 1. The van der Waals surface area contributed by atoms with Crippen molar-refractivity contribution < 1.29 is 9.90 Å². The molecule has 0 fully saturated rings. The molecule has 0 aliphatic rings. The highest BCUT2D eigenvalue weighted by atomic mass is 16.3. The Hall–Kier alpha value is -2.41. The van der Waals surface area contributed by atoms with Gasteiger partial charge in [0.15, 0.2) is 5.82 Å². The summed E-state index contributed by atoms with van der Waals surface area (Å²) < 4.78 is 1.80. The number of aliphatic hydroxyl groups excluding tert-OH is 1. The molecular formula is C17H25N5O2. The van der Waals surface area contributed by atoms with Crippen LogP contribution in [0.3, 0.4) is 0 Å². The fourth-order valence-corrected chi connectivity index (χ4v) is 2.22. The molecule has 2 heterocycles. The summed E-state index contributed by atoms with van der Waals surface area (Å²) in [4.78, 5) is 15.9. The fourth-order valence-electron chi connectivity index (χ4n) is 2.22. The maximum atomic E-state index is 11.9. The largest absolute Gasteiger partial charge is 0.396 e. The van der Waals surface area contributed by atoms with Crippen LogP contribution in [-0.2, 0) is 13.0 Å². The van der Waals surface area contributed by atoms with Crippen molar-refractivity contribution in [2.45, 2.75) is 33.2 Å². The third-order valence-electron chi connectivity index (χ3n) is 3.78. The molecule has 0 aromatic carbocycles. The maximum Gasteiger partial charge on any atom is 0.320 e. The Bertz CT molecular complexity index is 639. The third-order valence-corrected chi connectivity index (χ3v) is 3.78. The van der Waals surface area contributed by atoms with Gasteiger partial charge in [0.2, 0.25) is 0 Å². The zero-order valence-electron chi connectivity index (χ0n) is 14.2. The lowest BCUT2D eigenvalue weighted by Crippen LogP contribution is -2.37. The highest BCUT2D eigenvalue weighted by molar-refractivity contribution is 5.88. The zero-order valence-corrected chi connectivity index (χ0v) is 14.2. The molecule has 0 spiro atoms. The molecule has 0 bridgehead atoms. The lowest BCUT2D eigenvalue weighted by atomic mass is 9.90. The molecule has 0 atom stereocenters. The van der Waals surface area contributed by atoms with Crippen molar-refractivity contribution in [2.24, 2.45) is 5.41 Å². The molecule has 0 radical (unpaired) electrons. The number of hydrogen-bond acceptors (Lipinski definition) is 4. The molecule has 2 amide bonds. The van der Waals surface area contributed by atoms with E-state index in [4.69, 9.17) is 5.11 Å². The first-order chi connectivity index (χ1) is 11.5. The average Bonchev–Trinajstić information content (AvgIpc) is 2.99. The van der Waals surface area contributed by atoms with Gasteiger partial charge in [-0.2, -0.15) is 5.10 Å². The number of amides is 2. The van der Waals surface area contributed by atoms with Gasteiger partial charge in [-0.25, -0.2) is 4.79 Å². The van der Waals surface area contributed by atoms with Gasteiger partial charge in [0.05, 0.1) is 0 Å². The Kier molecular flexibility index (Phi) is 6.31. The molecule has 0 saturated heterocycles. The summed E-state index contributed by atoms with van der Waals surface area (Å²) in [6.45, 7) is 5.33. The summed E-state index contributed by atoms with van der Waals surface area (Å²) in [5.74, 6) is 0.516. The van der Waals surface area contributed by atoms with E-state index in [1.807, 2.05) is 32.2 Å². The normalized spacial score (nSPS) is 11.3. The van der Waals surface area contributed by atoms with Crippen molar-refractivity contribution in [3.63, 3.8) is 0 Å². The standard InChI is InChI=1S/C17H25N5O2/c1-17(2,7-12-23)13-19-16(24)20-15-6-11-22(21-15)10-5-14-3-8-18-9-4-14/h3-4,6,8-9,11,23H,5,7,10,12-13H2,1-2H3,(H2,19,20,21,24). The number of carbonyl (C=O) groups excluding carboxylic acids is 1. The molecule has 24 heavy (non-hydrogen) atoms. The van der Waals surface area contributed by atoms with Crippen molar-refractivity contribution in [1.29, 1.82) is 0 Å². The predicted octanol–water partition coefficient (Wildman–Crippen LogP) is 2.05. The lowest BCUT2D eigenvalue weighted by Gasteiger charge is -2.23. The van der Waals surface area contributed by atoms with Crippen LogP contribution in [0.2, 0.25) is 0 Å². The minimum Gasteiger partial charge on any atom is -0.396 e. The van der Waals surface area contributed by atoms with Crippen LogP contribution in [0.4, 0.5) is 10.6 Å². The Morgan fingerprint density at radius 3 is 2.75 bits per heavy atom. The van der Waals surface area contributed by atoms with E-state index in [9.17, 15) is 4.79 Å². The van der Waals surface area contributed by atoms with Crippen LogP contribution in [0.5, 0.6) is 0 Å². The number of urea groups is 1. The Morgan fingerprint density at radius 2 is 2.04 bits per heavy atom. The van der Waals surface area contributed by atoms with Gasteiger partial charge in [0.1, 0.15) is 0 Å². The van der Waals surface area contributed by atoms with Crippen molar-refractivity contribution >= 4 is 11.8 Å². The van der Waals surface area contributed by atoms with E-state index < -0.39 is 0 Å². The van der Waals surface area contributed by atoms with Crippen molar-refractivity contribution in [3.05, 3.63) is 42.4 Å². The topological polar surface area (TPSA) is 92.1 Å². The number of nitrogens with one attached hydrogen (secondary N) is 2. The summed E-state index contributed by atoms with van der Waals surface area (Å²) in [5, 5.41) is 18.9. The van der Waals surface area contributed by atoms with Gasteiger partial charge >= 0.3 is 6.03 Å². The molecule has 2 aromatic heterocycles. The van der Waals surface area contributed by atoms with Crippen LogP contribution in [0.25, 0.3) is 0 Å². The smallest absolute Gasteiger partial charge is 0.320 e. The molecule has 0 unspecified atom stereocenters. The maximum absolute atomic E-state index is 11.9. The molecule has 0 aliphatic heterocycles. The SMILES string of the molecule is CC(C)(CCO)CNC(=O)Nc1ccn(CCc2ccncc2)n1. The number of anilines is 1. The number of aromatic nitrogens is 3. The van der Waals surface area contributed by atoms with Gasteiger partial charge < -0.3 is 10.4 Å². The Morgan fingerprint density at radius 1 is 1.29 bits per heavy atom. The quantitative estimate of drug-likeness (QED) is 0.690. The molecule has 2 rings (SSSR count). The monoisotopic (exact) mass is 331 g/mol. The summed E-state index contributed by atoms with van der Waals surface area (Å²) in [7, 11) is 0. The van der Waals surface area contributed by atoms with Gasteiger partial charge in [-0.15, -0.1) is 0 Å². The highest BCUT2D eigenvalue weighted by Crippen LogP contribution is 2.17. The first-order valence-corrected chi connectivity index (χ1v) is 8.07. The second-order valence-corrected chi connectivity index (χ2v) is 6.52. The van der Waals surface area contributed by atoms with Crippen molar-refractivity contribution in [2.75, 3.05) is 18.5 Å². The van der Waals surface area contributed by atoms with Gasteiger partial charge in [-0.1, -0.05) is 13.8 Å². The zero-order chi connectivity index (χ0) is 17.4. The number of hydrogen-bond donors (Lipinski definition) is 3. The fraction of sp³-hybridized carbons (Fsp3) is 0.471. The first-order valence-electron chi connectivity index (χ1n) is 8.07. The Labute approximate surface area is 142 Å². The van der Waals surface area contributed by atoms with Gasteiger partial charge in [0.25, 0.3) is 0 Å². The van der Waals surface area contributed by atoms with Crippen molar-refractivity contribution in [3.8, 4) is 0 Å². The summed E-state index contributed by atoms with van der Waals surface area (Å²) in [6, 6.07) is 5.43. The van der Waals surface area contributed by atoms with E-state index in [0.717, 1.165) is 13.0 Å². The molecule has 3 N–H and O–H groups in total. The average molecular weight is 331 g/mol. The van der Waals surface area contributed by atoms with Gasteiger partial charge in [-0.05, 0) is 36.0 Å². The van der Waals surface area contributed by atoms with E-state index >= 15 is 0 Å². The molecule has 0 saturated carbocycles. The molecule has 0 aliphatic carbocycles. The summed E-state index contributed by atoms with van der Waals surface area (Å²) in [5.41, 5.74) is 1.05. The van der Waals surface area contributed by atoms with Gasteiger partial charge in [-0.3, -0.25) is 15.0 Å². The summed E-state index contributed by atoms with van der Waals surface area (Å²) >= 11 is 0. The van der Waals surface area contributed by atoms with Gasteiger partial charge in [0, 0.05) is 44.4 Å². The third kappa shape index (κ3) is 6.00. The van der Waals surface area contributed by atoms with Crippen LogP contribution in [0.1, 0.15) is 25.8 Å². The minimum absolute atomic E-state index is 0.109. The van der Waals surface area contributed by atoms with Crippen LogP contribution in [0, 0.1) is 5.41 Å². The molecule has 130 valence electrons. The van der Waals surface area contributed by atoms with E-state index in [2.05, 4.69) is 20.7 Å². The minimum atomic E-state index is -0.291. The number of rotatable bonds is 8. The van der Waals surface area contributed by atoms with E-state index in [1.54, 1.807) is 23.1 Å². The van der Waals surface area contributed by atoms with E-state index in [1.165, 1.54) is 5.56 Å². The van der Waals surface area contributed by atoms with E-state index in [0.29, 0.717) is 18.8 Å². The molecule has 2 aromatic rings. The first kappa shape index (κ1) is 17.9. The predicted molar refractivity (Wildman–Crippen MR) is 92.7 cm³/mol. The van der Waals surface area contributed by atoms with Crippen LogP contribution >= 0.6 is 0 Å². The molecule has 7 heteroatoms. The second kappa shape index (κ2) is 8.44. The van der Waals surface area contributed by atoms with E-state index in [-0.39, 0.29) is 18.1 Å². The lowest BCUT2D eigenvalue weighted by molar-refractivity contribution is 0.204. The second-order valence-electron chi connectivity index (χ2n) is 6.52. The Balaban J connectivity index is 1.77. The molecule has 7 nitrogen and oxygen atoms in total. The number of pyridine rings is 1. The number of carbonyl (C=O) groups is 1. The van der Waals surface area contributed by atoms with Crippen LogP contribution < -0.4 is 10.6 Å².